The number of amides is 1. The number of aromatic amines is 1. The van der Waals surface area contributed by atoms with E-state index in [9.17, 15) is 18.0 Å². The van der Waals surface area contributed by atoms with Crippen molar-refractivity contribution >= 4 is 32.4 Å². The molecule has 1 amide bonds. The highest BCUT2D eigenvalue weighted by Crippen LogP contribution is 2.21. The van der Waals surface area contributed by atoms with Gasteiger partial charge >= 0.3 is 0 Å². The van der Waals surface area contributed by atoms with Crippen LogP contribution in [-0.4, -0.2) is 78.6 Å². The molecule has 7 nitrogen and oxygen atoms in total. The minimum atomic E-state index is -2.87. The number of nitrogens with one attached hydrogen (secondary N) is 1. The zero-order chi connectivity index (χ0) is 19.0. The molecule has 2 aliphatic heterocycles. The summed E-state index contributed by atoms with van der Waals surface area (Å²) in [5, 5.41) is 0.762. The van der Waals surface area contributed by atoms with Crippen molar-refractivity contribution in [2.75, 3.05) is 37.7 Å². The van der Waals surface area contributed by atoms with E-state index in [1.807, 2.05) is 24.3 Å². The van der Waals surface area contributed by atoms with Crippen molar-refractivity contribution in [2.24, 2.45) is 0 Å². The summed E-state index contributed by atoms with van der Waals surface area (Å²) in [6.45, 7) is 2.35. The summed E-state index contributed by atoms with van der Waals surface area (Å²) in [5.41, 5.74) is 1.25. The van der Waals surface area contributed by atoms with Crippen molar-refractivity contribution in [1.82, 2.24) is 14.8 Å². The second-order valence-corrected chi connectivity index (χ2v) is 9.59. The Morgan fingerprint density at radius 2 is 1.67 bits per heavy atom. The van der Waals surface area contributed by atoms with Crippen LogP contribution in [0.3, 0.4) is 0 Å². The molecule has 2 fully saturated rings. The molecule has 27 heavy (non-hydrogen) atoms. The SMILES string of the molecule is O=C(C(=O)N1CCN(C2CCS(=O)(=O)CC2)CC1)c1c[nH]c2ccccc12. The molecule has 0 atom stereocenters. The van der Waals surface area contributed by atoms with Crippen molar-refractivity contribution in [3.8, 4) is 0 Å². The van der Waals surface area contributed by atoms with Crippen molar-refractivity contribution in [3.63, 3.8) is 0 Å². The maximum atomic E-state index is 12.7. The molecule has 2 aromatic rings. The number of ketones is 1. The van der Waals surface area contributed by atoms with E-state index in [2.05, 4.69) is 9.88 Å². The lowest BCUT2D eigenvalue weighted by molar-refractivity contribution is -0.128. The second-order valence-electron chi connectivity index (χ2n) is 7.29. The van der Waals surface area contributed by atoms with Gasteiger partial charge in [-0.15, -0.1) is 0 Å². The van der Waals surface area contributed by atoms with E-state index < -0.39 is 21.5 Å². The highest BCUT2D eigenvalue weighted by molar-refractivity contribution is 7.91. The quantitative estimate of drug-likeness (QED) is 0.626. The minimum Gasteiger partial charge on any atom is -0.360 e. The zero-order valence-electron chi connectivity index (χ0n) is 15.1. The van der Waals surface area contributed by atoms with Crippen LogP contribution in [0.2, 0.25) is 0 Å². The third-order valence-corrected chi connectivity index (χ3v) is 7.39. The zero-order valence-corrected chi connectivity index (χ0v) is 15.9. The van der Waals surface area contributed by atoms with Gasteiger partial charge in [0.25, 0.3) is 11.7 Å². The fourth-order valence-corrected chi connectivity index (χ4v) is 5.52. The number of carbonyl (C=O) groups excluding carboxylic acids is 2. The van der Waals surface area contributed by atoms with Gasteiger partial charge in [-0.2, -0.15) is 0 Å². The number of hydrogen-bond donors (Lipinski definition) is 1. The summed E-state index contributed by atoms with van der Waals surface area (Å²) in [4.78, 5) is 32.3. The first-order chi connectivity index (χ1) is 12.9. The Kier molecular flexibility index (Phi) is 4.77. The predicted octanol–water partition coefficient (Wildman–Crippen LogP) is 1.07. The molecular weight excluding hydrogens is 366 g/mol. The molecule has 0 unspecified atom stereocenters. The van der Waals surface area contributed by atoms with Gasteiger partial charge in [0.15, 0.2) is 0 Å². The molecule has 1 aromatic heterocycles. The minimum absolute atomic E-state index is 0.246. The Bertz CT molecular complexity index is 960. The number of sulfone groups is 1. The fraction of sp³-hybridized carbons (Fsp3) is 0.474. The molecule has 0 aliphatic carbocycles. The number of nitrogens with zero attached hydrogens (tertiary/aromatic N) is 2. The van der Waals surface area contributed by atoms with Gasteiger partial charge in [-0.05, 0) is 18.9 Å². The molecule has 3 heterocycles. The molecule has 0 bridgehead atoms. The number of fused-ring (bicyclic) bond motifs is 1. The van der Waals surface area contributed by atoms with E-state index >= 15 is 0 Å². The van der Waals surface area contributed by atoms with Gasteiger partial charge in [-0.3, -0.25) is 14.5 Å². The number of hydrogen-bond acceptors (Lipinski definition) is 5. The van der Waals surface area contributed by atoms with Gasteiger partial charge in [0.05, 0.1) is 17.1 Å². The van der Waals surface area contributed by atoms with Crippen molar-refractivity contribution in [1.29, 1.82) is 0 Å². The van der Waals surface area contributed by atoms with Crippen LogP contribution in [0.5, 0.6) is 0 Å². The molecule has 0 spiro atoms. The molecule has 1 aromatic carbocycles. The molecule has 1 N–H and O–H groups in total. The predicted molar refractivity (Wildman–Crippen MR) is 102 cm³/mol. The van der Waals surface area contributed by atoms with Gasteiger partial charge in [0, 0.05) is 49.3 Å². The van der Waals surface area contributed by atoms with Gasteiger partial charge in [-0.1, -0.05) is 18.2 Å². The topological polar surface area (TPSA) is 90.6 Å². The van der Waals surface area contributed by atoms with Gasteiger partial charge in [0.1, 0.15) is 9.84 Å². The number of carbonyl (C=O) groups is 2. The van der Waals surface area contributed by atoms with E-state index in [-0.39, 0.29) is 17.5 Å². The molecule has 8 heteroatoms. The molecule has 144 valence electrons. The Morgan fingerprint density at radius 1 is 1.00 bits per heavy atom. The lowest BCUT2D eigenvalue weighted by atomic mass is 10.1. The third-order valence-electron chi connectivity index (χ3n) is 5.67. The maximum Gasteiger partial charge on any atom is 0.295 e. The lowest BCUT2D eigenvalue weighted by Crippen LogP contribution is -2.54. The molecule has 2 aliphatic rings. The Hall–Kier alpha value is -2.19. The maximum absolute atomic E-state index is 12.7. The highest BCUT2D eigenvalue weighted by atomic mass is 32.2. The summed E-state index contributed by atoms with van der Waals surface area (Å²) >= 11 is 0. The number of H-pyrrole nitrogens is 1. The Morgan fingerprint density at radius 3 is 2.37 bits per heavy atom. The van der Waals surface area contributed by atoms with Crippen LogP contribution in [0.4, 0.5) is 0 Å². The summed E-state index contributed by atoms with van der Waals surface area (Å²) in [5.74, 6) is -0.457. The van der Waals surface area contributed by atoms with Crippen molar-refractivity contribution in [2.45, 2.75) is 18.9 Å². The second kappa shape index (κ2) is 7.09. The number of benzene rings is 1. The van der Waals surface area contributed by atoms with E-state index in [0.717, 1.165) is 10.9 Å². The summed E-state index contributed by atoms with van der Waals surface area (Å²) < 4.78 is 23.2. The van der Waals surface area contributed by atoms with Crippen LogP contribution in [0.15, 0.2) is 30.5 Å². The van der Waals surface area contributed by atoms with Crippen LogP contribution in [0, 0.1) is 0 Å². The molecule has 4 rings (SSSR count). The van der Waals surface area contributed by atoms with Crippen molar-refractivity contribution < 1.29 is 18.0 Å². The number of para-hydroxylation sites is 1. The largest absolute Gasteiger partial charge is 0.360 e. The normalized spacial score (nSPS) is 21.4. The van der Waals surface area contributed by atoms with Gasteiger partial charge < -0.3 is 9.88 Å². The number of Topliss-reactive ketones (excluding diaryl/α,β-unsaturated/α-hetero) is 1. The number of piperazine rings is 1. The Balaban J connectivity index is 1.38. The van der Waals surface area contributed by atoms with Gasteiger partial charge in [-0.25, -0.2) is 8.42 Å². The van der Waals surface area contributed by atoms with Crippen LogP contribution in [0.1, 0.15) is 23.2 Å². The molecule has 0 saturated carbocycles. The van der Waals surface area contributed by atoms with Crippen LogP contribution < -0.4 is 0 Å². The first-order valence-electron chi connectivity index (χ1n) is 9.29. The third kappa shape index (κ3) is 3.64. The lowest BCUT2D eigenvalue weighted by Gasteiger charge is -2.40. The smallest absolute Gasteiger partial charge is 0.295 e. The van der Waals surface area contributed by atoms with E-state index in [4.69, 9.17) is 0 Å². The van der Waals surface area contributed by atoms with Crippen molar-refractivity contribution in [3.05, 3.63) is 36.0 Å². The molecule has 2 saturated heterocycles. The number of aromatic nitrogens is 1. The average Bonchev–Trinajstić information content (AvgIpc) is 3.11. The number of rotatable bonds is 3. The standard InChI is InChI=1S/C19H23N3O4S/c23-18(16-13-20-17-4-2-1-3-15(16)17)19(24)22-9-7-21(8-10-22)14-5-11-27(25,26)12-6-14/h1-4,13-14,20H,5-12H2. The molecule has 0 radical (unpaired) electrons. The highest BCUT2D eigenvalue weighted by Gasteiger charge is 2.33. The fourth-order valence-electron chi connectivity index (χ4n) is 4.05. The first-order valence-corrected chi connectivity index (χ1v) is 11.1. The van der Waals surface area contributed by atoms with Crippen LogP contribution >= 0.6 is 0 Å². The summed E-state index contributed by atoms with van der Waals surface area (Å²) in [7, 11) is -2.87. The Labute approximate surface area is 158 Å². The summed E-state index contributed by atoms with van der Waals surface area (Å²) in [6, 6.07) is 7.70. The monoisotopic (exact) mass is 389 g/mol. The first kappa shape index (κ1) is 18.2. The van der Waals surface area contributed by atoms with E-state index in [1.165, 1.54) is 0 Å². The van der Waals surface area contributed by atoms with Gasteiger partial charge in [0.2, 0.25) is 0 Å². The average molecular weight is 389 g/mol. The van der Waals surface area contributed by atoms with Crippen LogP contribution in [-0.2, 0) is 14.6 Å². The van der Waals surface area contributed by atoms with Crippen LogP contribution in [0.25, 0.3) is 10.9 Å². The van der Waals surface area contributed by atoms with E-state index in [1.54, 1.807) is 11.1 Å². The van der Waals surface area contributed by atoms with E-state index in [0.29, 0.717) is 44.6 Å². The molecular formula is C19H23N3O4S. The summed E-state index contributed by atoms with van der Waals surface area (Å²) in [6.07, 6.45) is 2.92.